The molecule has 2 aromatic carbocycles. The largest absolute Gasteiger partial charge is 0.481 e. The van der Waals surface area contributed by atoms with Gasteiger partial charge < -0.3 is 25.7 Å². The lowest BCUT2D eigenvalue weighted by Crippen LogP contribution is -2.58. The fourth-order valence-corrected chi connectivity index (χ4v) is 8.18. The molecule has 7 unspecified atom stereocenters. The summed E-state index contributed by atoms with van der Waals surface area (Å²) >= 11 is 1.07. The van der Waals surface area contributed by atoms with Crippen LogP contribution in [0.3, 0.4) is 0 Å². The Balaban J connectivity index is 1.56. The number of thiazole rings is 1. The summed E-state index contributed by atoms with van der Waals surface area (Å²) in [7, 11) is 1.93. The smallest absolute Gasteiger partial charge is 0.416 e. The van der Waals surface area contributed by atoms with Crippen molar-refractivity contribution in [2.24, 2.45) is 17.8 Å². The van der Waals surface area contributed by atoms with E-state index in [1.807, 2.05) is 70.0 Å². The van der Waals surface area contributed by atoms with E-state index in [-0.39, 0.29) is 66.2 Å². The second-order valence-corrected chi connectivity index (χ2v) is 16.9. The number of nitrogens with one attached hydrogen (secondary N) is 2. The van der Waals surface area contributed by atoms with Gasteiger partial charge in [0.1, 0.15) is 22.8 Å². The molecule has 0 saturated carbocycles. The summed E-state index contributed by atoms with van der Waals surface area (Å²) in [6.45, 7) is 10.4. The number of likely N-dealkylation sites (N-methyl/N-ethyl adjacent to an activating group) is 1. The molecule has 15 heteroatoms. The van der Waals surface area contributed by atoms with Gasteiger partial charge in [-0.2, -0.15) is 13.2 Å². The van der Waals surface area contributed by atoms with Crippen LogP contribution in [0.15, 0.2) is 60.0 Å². The second kappa shape index (κ2) is 21.1. The lowest BCUT2D eigenvalue weighted by Gasteiger charge is -2.40. The number of amides is 3. The molecule has 2 heterocycles. The number of carbonyl (C=O) groups is 4. The number of aliphatic hydroxyl groups is 1. The number of benzene rings is 2. The Hall–Kier alpha value is -4.34. The van der Waals surface area contributed by atoms with Crippen LogP contribution in [0.2, 0.25) is 0 Å². The Morgan fingerprint density at radius 1 is 0.966 bits per heavy atom. The van der Waals surface area contributed by atoms with E-state index in [4.69, 9.17) is 0 Å². The highest BCUT2D eigenvalue weighted by Crippen LogP contribution is 2.31. The third kappa shape index (κ3) is 12.8. The first kappa shape index (κ1) is 46.4. The molecule has 1 saturated heterocycles. The molecule has 1 aliphatic heterocycles. The van der Waals surface area contributed by atoms with E-state index in [0.29, 0.717) is 18.4 Å². The topological polar surface area (TPSA) is 152 Å². The monoisotopic (exact) mass is 829 g/mol. The predicted molar refractivity (Wildman–Crippen MR) is 217 cm³/mol. The Morgan fingerprint density at radius 2 is 1.64 bits per heavy atom. The summed E-state index contributed by atoms with van der Waals surface area (Å²) in [6.07, 6.45) is -2.19. The minimum absolute atomic E-state index is 0.00927. The van der Waals surface area contributed by atoms with Crippen LogP contribution in [0.1, 0.15) is 111 Å². The van der Waals surface area contributed by atoms with E-state index in [2.05, 4.69) is 15.6 Å². The minimum atomic E-state index is -4.51. The molecule has 4 N–H and O–H groups in total. The third-order valence-corrected chi connectivity index (χ3v) is 12.1. The summed E-state index contributed by atoms with van der Waals surface area (Å²) in [5.74, 6) is -3.29. The fraction of sp³-hybridized carbons (Fsp3) is 0.558. The summed E-state index contributed by atoms with van der Waals surface area (Å²) in [5.41, 5.74) is 0.538. The van der Waals surface area contributed by atoms with Gasteiger partial charge in [-0.05, 0) is 74.4 Å². The van der Waals surface area contributed by atoms with Crippen LogP contribution >= 0.6 is 11.3 Å². The van der Waals surface area contributed by atoms with Crippen LogP contribution in [-0.2, 0) is 33.5 Å². The van der Waals surface area contributed by atoms with Crippen LogP contribution in [0.5, 0.6) is 0 Å². The minimum Gasteiger partial charge on any atom is -0.481 e. The molecule has 7 atom stereocenters. The van der Waals surface area contributed by atoms with Crippen molar-refractivity contribution in [3.63, 3.8) is 0 Å². The molecule has 0 spiro atoms. The average Bonchev–Trinajstić information content (AvgIpc) is 3.69. The van der Waals surface area contributed by atoms with Gasteiger partial charge in [0.15, 0.2) is 0 Å². The summed E-state index contributed by atoms with van der Waals surface area (Å²) < 4.78 is 39.4. The number of aromatic nitrogens is 1. The Morgan fingerprint density at radius 3 is 2.22 bits per heavy atom. The molecule has 3 aromatic rings. The number of aliphatic hydroxyl groups excluding tert-OH is 1. The van der Waals surface area contributed by atoms with Crippen LogP contribution in [0.25, 0.3) is 0 Å². The van der Waals surface area contributed by atoms with Gasteiger partial charge in [0.25, 0.3) is 5.91 Å². The SMILES string of the molecule is CCC(C)C(NC(=O)C1CCCCN1C)C(=O)N(Cc1ccccc1)C(CC(O)c1nc(C(=O)NC(Cc2ccc(C(F)(F)F)cc2)CC(C)C(=O)O)cs1)C(C)C. The number of carboxylic acids is 1. The molecule has 0 aliphatic carbocycles. The number of aliphatic carboxylic acids is 1. The quantitative estimate of drug-likeness (QED) is 0.0999. The first-order valence-corrected chi connectivity index (χ1v) is 21.0. The molecule has 1 fully saturated rings. The lowest BCUT2D eigenvalue weighted by molar-refractivity contribution is -0.143. The van der Waals surface area contributed by atoms with Crippen molar-refractivity contribution >= 4 is 35.0 Å². The Kier molecular flexibility index (Phi) is 16.8. The molecule has 0 radical (unpaired) electrons. The molecule has 318 valence electrons. The fourth-order valence-electron chi connectivity index (χ4n) is 7.38. The molecule has 3 amide bonds. The molecule has 1 aromatic heterocycles. The first-order chi connectivity index (χ1) is 27.4. The van der Waals surface area contributed by atoms with Gasteiger partial charge in [-0.25, -0.2) is 4.98 Å². The zero-order valence-electron chi connectivity index (χ0n) is 34.2. The number of piperidine rings is 1. The number of hydrogen-bond acceptors (Lipinski definition) is 8. The maximum atomic E-state index is 14.8. The number of nitrogens with zero attached hydrogens (tertiary/aromatic N) is 3. The third-order valence-electron chi connectivity index (χ3n) is 11.2. The summed E-state index contributed by atoms with van der Waals surface area (Å²) in [5, 5.41) is 28.9. The number of carboxylic acid groups (broad SMARTS) is 1. The second-order valence-electron chi connectivity index (χ2n) is 16.0. The van der Waals surface area contributed by atoms with Gasteiger partial charge >= 0.3 is 12.1 Å². The molecular formula is C43H58F3N5O6S. The molecule has 1 aliphatic rings. The van der Waals surface area contributed by atoms with Crippen molar-refractivity contribution in [3.05, 3.63) is 87.4 Å². The summed E-state index contributed by atoms with van der Waals surface area (Å²) in [6, 6.07) is 11.6. The van der Waals surface area contributed by atoms with E-state index in [1.165, 1.54) is 24.4 Å². The van der Waals surface area contributed by atoms with Gasteiger partial charge in [0.05, 0.1) is 17.5 Å². The van der Waals surface area contributed by atoms with Gasteiger partial charge in [0, 0.05) is 30.4 Å². The molecule has 11 nitrogen and oxygen atoms in total. The van der Waals surface area contributed by atoms with Crippen LogP contribution < -0.4 is 10.6 Å². The van der Waals surface area contributed by atoms with Crippen molar-refractivity contribution < 1.29 is 42.6 Å². The number of carbonyl (C=O) groups excluding carboxylic acids is 3. The van der Waals surface area contributed by atoms with Crippen molar-refractivity contribution in [1.82, 2.24) is 25.4 Å². The number of alkyl halides is 3. The van der Waals surface area contributed by atoms with Gasteiger partial charge in [-0.3, -0.25) is 24.1 Å². The maximum Gasteiger partial charge on any atom is 0.416 e. The predicted octanol–water partition coefficient (Wildman–Crippen LogP) is 7.11. The molecule has 4 rings (SSSR count). The van der Waals surface area contributed by atoms with E-state index in [1.54, 1.807) is 4.90 Å². The zero-order valence-corrected chi connectivity index (χ0v) is 35.0. The molecule has 58 heavy (non-hydrogen) atoms. The van der Waals surface area contributed by atoms with E-state index in [0.717, 1.165) is 48.4 Å². The lowest BCUT2D eigenvalue weighted by atomic mass is 9.91. The van der Waals surface area contributed by atoms with Crippen LogP contribution in [-0.4, -0.2) is 86.4 Å². The van der Waals surface area contributed by atoms with E-state index < -0.39 is 53.8 Å². The highest BCUT2D eigenvalue weighted by Gasteiger charge is 2.38. The number of hydrogen-bond donors (Lipinski definition) is 4. The molecule has 0 bridgehead atoms. The highest BCUT2D eigenvalue weighted by atomic mass is 32.1. The van der Waals surface area contributed by atoms with Crippen molar-refractivity contribution in [2.75, 3.05) is 13.6 Å². The Labute approximate surface area is 343 Å². The van der Waals surface area contributed by atoms with Crippen LogP contribution in [0, 0.1) is 17.8 Å². The van der Waals surface area contributed by atoms with Crippen molar-refractivity contribution in [2.45, 2.75) is 123 Å². The van der Waals surface area contributed by atoms with E-state index in [9.17, 15) is 42.6 Å². The van der Waals surface area contributed by atoms with Gasteiger partial charge in [-0.15, -0.1) is 11.3 Å². The normalized spacial score (nSPS) is 18.1. The maximum absolute atomic E-state index is 14.8. The number of likely N-dealkylation sites (tertiary alicyclic amines) is 1. The highest BCUT2D eigenvalue weighted by molar-refractivity contribution is 7.09. The van der Waals surface area contributed by atoms with E-state index >= 15 is 0 Å². The van der Waals surface area contributed by atoms with Crippen LogP contribution in [0.4, 0.5) is 13.2 Å². The van der Waals surface area contributed by atoms with Crippen molar-refractivity contribution in [3.8, 4) is 0 Å². The average molecular weight is 830 g/mol. The zero-order chi connectivity index (χ0) is 42.7. The van der Waals surface area contributed by atoms with Gasteiger partial charge in [0.2, 0.25) is 11.8 Å². The Bertz CT molecular complexity index is 1810. The standard InChI is InChI=1S/C43H58F3N5O6S/c1-7-27(4)37(49-39(54)34-15-11-12-20-50(34)6)41(55)51(24-30-13-9-8-10-14-30)35(26(2)3)23-36(52)40-48-33(25-58-40)38(53)47-32(21-28(5)42(56)57)22-29-16-18-31(19-17-29)43(44,45)46/h8-10,13-14,16-19,25-28,32,34-37,52H,7,11-12,15,20-24H2,1-6H3,(H,47,53)(H,49,54)(H,56,57). The number of halogens is 3. The van der Waals surface area contributed by atoms with Crippen molar-refractivity contribution in [1.29, 1.82) is 0 Å². The number of rotatable bonds is 19. The molecular weight excluding hydrogens is 772 g/mol. The summed E-state index contributed by atoms with van der Waals surface area (Å²) in [4.78, 5) is 61.9. The van der Waals surface area contributed by atoms with Gasteiger partial charge in [-0.1, -0.05) is 89.9 Å². The first-order valence-electron chi connectivity index (χ1n) is 20.1.